The molecular formula is C13H15NO3. The zero-order valence-corrected chi connectivity index (χ0v) is 10.1. The summed E-state index contributed by atoms with van der Waals surface area (Å²) in [4.78, 5) is 22.5. The first-order chi connectivity index (χ1) is 7.93. The third kappa shape index (κ3) is 3.17. The van der Waals surface area contributed by atoms with Crippen LogP contribution in [0, 0.1) is 6.92 Å². The number of nitrogens with one attached hydrogen (secondary N) is 1. The second-order valence-electron chi connectivity index (χ2n) is 3.82. The molecule has 1 rings (SSSR count). The van der Waals surface area contributed by atoms with Crippen LogP contribution in [0.15, 0.2) is 35.4 Å². The average molecular weight is 233 g/mol. The maximum Gasteiger partial charge on any atom is 0.331 e. The van der Waals surface area contributed by atoms with Crippen molar-refractivity contribution in [2.75, 3.05) is 5.32 Å². The number of aryl methyl sites for hydroxylation is 1. The normalized spacial score (nSPS) is 11.7. The molecule has 0 fully saturated rings. The van der Waals surface area contributed by atoms with E-state index in [1.807, 2.05) is 25.1 Å². The number of benzene rings is 1. The van der Waals surface area contributed by atoms with Crippen LogP contribution >= 0.6 is 0 Å². The molecule has 0 aliphatic rings. The first-order valence-electron chi connectivity index (χ1n) is 5.21. The van der Waals surface area contributed by atoms with Crippen molar-refractivity contribution in [2.45, 2.75) is 20.8 Å². The summed E-state index contributed by atoms with van der Waals surface area (Å²) in [5, 5.41) is 11.5. The van der Waals surface area contributed by atoms with Gasteiger partial charge < -0.3 is 10.4 Å². The van der Waals surface area contributed by atoms with Gasteiger partial charge in [-0.25, -0.2) is 4.79 Å². The number of carbonyl (C=O) groups excluding carboxylic acids is 1. The molecule has 0 unspecified atom stereocenters. The number of carboxylic acids is 1. The lowest BCUT2D eigenvalue weighted by molar-refractivity contribution is -0.133. The van der Waals surface area contributed by atoms with Crippen molar-refractivity contribution in [1.29, 1.82) is 0 Å². The largest absolute Gasteiger partial charge is 0.478 e. The predicted octanol–water partition coefficient (Wildman–Crippen LogP) is 2.35. The highest BCUT2D eigenvalue weighted by atomic mass is 16.4. The van der Waals surface area contributed by atoms with E-state index in [0.717, 1.165) is 5.56 Å². The molecule has 0 aliphatic heterocycles. The fraction of sp³-hybridized carbons (Fsp3) is 0.231. The quantitative estimate of drug-likeness (QED) is 0.787. The summed E-state index contributed by atoms with van der Waals surface area (Å²) in [6.07, 6.45) is 0. The second kappa shape index (κ2) is 5.30. The first-order valence-corrected chi connectivity index (χ1v) is 5.21. The van der Waals surface area contributed by atoms with E-state index in [4.69, 9.17) is 5.11 Å². The average Bonchev–Trinajstić information content (AvgIpc) is 2.30. The summed E-state index contributed by atoms with van der Waals surface area (Å²) in [7, 11) is 0. The van der Waals surface area contributed by atoms with Crippen LogP contribution in [0.3, 0.4) is 0 Å². The fourth-order valence-corrected chi connectivity index (χ4v) is 1.26. The lowest BCUT2D eigenvalue weighted by Crippen LogP contribution is -2.16. The lowest BCUT2D eigenvalue weighted by atomic mass is 10.1. The number of carboxylic acid groups (broad SMARTS) is 1. The van der Waals surface area contributed by atoms with Gasteiger partial charge in [0.2, 0.25) is 0 Å². The minimum Gasteiger partial charge on any atom is -0.478 e. The molecule has 90 valence electrons. The Hall–Kier alpha value is -2.10. The van der Waals surface area contributed by atoms with Gasteiger partial charge in [-0.2, -0.15) is 0 Å². The van der Waals surface area contributed by atoms with E-state index >= 15 is 0 Å². The van der Waals surface area contributed by atoms with Crippen molar-refractivity contribution in [1.82, 2.24) is 0 Å². The van der Waals surface area contributed by atoms with Crippen molar-refractivity contribution in [3.8, 4) is 0 Å². The number of aliphatic carboxylic acids is 1. The van der Waals surface area contributed by atoms with Crippen molar-refractivity contribution in [3.05, 3.63) is 41.0 Å². The van der Waals surface area contributed by atoms with Crippen LogP contribution in [0.5, 0.6) is 0 Å². The van der Waals surface area contributed by atoms with Crippen LogP contribution in [-0.2, 0) is 9.59 Å². The first kappa shape index (κ1) is 13.0. The Morgan fingerprint density at radius 2 is 1.71 bits per heavy atom. The monoisotopic (exact) mass is 233 g/mol. The standard InChI is InChI=1S/C13H15NO3/c1-8-6-4-5-7-11(8)14-12(15)9(2)10(3)13(16)17/h4-7H,1-3H3,(H,14,15)(H,16,17). The molecule has 17 heavy (non-hydrogen) atoms. The molecule has 0 saturated heterocycles. The van der Waals surface area contributed by atoms with Gasteiger partial charge in [0.15, 0.2) is 0 Å². The lowest BCUT2D eigenvalue weighted by Gasteiger charge is -2.09. The molecule has 0 heterocycles. The molecule has 4 heteroatoms. The van der Waals surface area contributed by atoms with Gasteiger partial charge in [0.05, 0.1) is 0 Å². The van der Waals surface area contributed by atoms with Crippen molar-refractivity contribution in [3.63, 3.8) is 0 Å². The highest BCUT2D eigenvalue weighted by Gasteiger charge is 2.13. The summed E-state index contributed by atoms with van der Waals surface area (Å²) < 4.78 is 0. The fourth-order valence-electron chi connectivity index (χ4n) is 1.26. The number of hydrogen-bond donors (Lipinski definition) is 2. The SMILES string of the molecule is CC(C(=O)O)=C(C)C(=O)Nc1ccccc1C. The van der Waals surface area contributed by atoms with Crippen LogP contribution in [0.25, 0.3) is 0 Å². The Balaban J connectivity index is 2.91. The zero-order valence-electron chi connectivity index (χ0n) is 10.1. The summed E-state index contributed by atoms with van der Waals surface area (Å²) in [5.41, 5.74) is 1.88. The van der Waals surface area contributed by atoms with Crippen molar-refractivity contribution < 1.29 is 14.7 Å². The highest BCUT2D eigenvalue weighted by Crippen LogP contribution is 2.15. The van der Waals surface area contributed by atoms with Gasteiger partial charge in [-0.05, 0) is 32.4 Å². The van der Waals surface area contributed by atoms with E-state index in [2.05, 4.69) is 5.32 Å². The summed E-state index contributed by atoms with van der Waals surface area (Å²) in [6.45, 7) is 4.78. The molecule has 0 bridgehead atoms. The molecule has 2 N–H and O–H groups in total. The second-order valence-corrected chi connectivity index (χ2v) is 3.82. The van der Waals surface area contributed by atoms with E-state index in [9.17, 15) is 9.59 Å². The molecule has 1 aromatic rings. The number of anilines is 1. The summed E-state index contributed by atoms with van der Waals surface area (Å²) >= 11 is 0. The predicted molar refractivity (Wildman–Crippen MR) is 65.8 cm³/mol. The maximum absolute atomic E-state index is 11.8. The Morgan fingerprint density at radius 3 is 2.24 bits per heavy atom. The number of hydrogen-bond acceptors (Lipinski definition) is 2. The molecule has 1 amide bonds. The minimum atomic E-state index is -1.08. The number of amides is 1. The number of para-hydroxylation sites is 1. The van der Waals surface area contributed by atoms with Gasteiger partial charge in [0, 0.05) is 16.8 Å². The third-order valence-corrected chi connectivity index (χ3v) is 2.62. The summed E-state index contributed by atoms with van der Waals surface area (Å²) in [6, 6.07) is 7.33. The maximum atomic E-state index is 11.8. The van der Waals surface area contributed by atoms with Crippen LogP contribution in [-0.4, -0.2) is 17.0 Å². The van der Waals surface area contributed by atoms with Gasteiger partial charge in [-0.3, -0.25) is 4.79 Å². The van der Waals surface area contributed by atoms with Crippen LogP contribution in [0.4, 0.5) is 5.69 Å². The van der Waals surface area contributed by atoms with Gasteiger partial charge in [-0.1, -0.05) is 18.2 Å². The van der Waals surface area contributed by atoms with Crippen LogP contribution < -0.4 is 5.32 Å². The molecule has 0 aromatic heterocycles. The van der Waals surface area contributed by atoms with Gasteiger partial charge in [0.25, 0.3) is 5.91 Å². The van der Waals surface area contributed by atoms with Gasteiger partial charge >= 0.3 is 5.97 Å². The third-order valence-electron chi connectivity index (χ3n) is 2.62. The molecule has 0 atom stereocenters. The number of rotatable bonds is 3. The molecular weight excluding hydrogens is 218 g/mol. The summed E-state index contributed by atoms with van der Waals surface area (Å²) in [5.74, 6) is -1.47. The molecule has 0 saturated carbocycles. The van der Waals surface area contributed by atoms with Gasteiger partial charge in [0.1, 0.15) is 0 Å². The number of carbonyl (C=O) groups is 2. The minimum absolute atomic E-state index is 0.0519. The molecule has 0 spiro atoms. The van der Waals surface area contributed by atoms with E-state index in [0.29, 0.717) is 5.69 Å². The highest BCUT2D eigenvalue weighted by molar-refractivity contribution is 6.08. The topological polar surface area (TPSA) is 66.4 Å². The molecule has 0 aliphatic carbocycles. The molecule has 4 nitrogen and oxygen atoms in total. The van der Waals surface area contributed by atoms with Gasteiger partial charge in [-0.15, -0.1) is 0 Å². The van der Waals surface area contributed by atoms with E-state index in [1.165, 1.54) is 13.8 Å². The Kier molecular flexibility index (Phi) is 4.04. The Labute approximate surface area is 100.0 Å². The molecule has 1 aromatic carbocycles. The van der Waals surface area contributed by atoms with Crippen LogP contribution in [0.2, 0.25) is 0 Å². The zero-order chi connectivity index (χ0) is 13.0. The van der Waals surface area contributed by atoms with Crippen molar-refractivity contribution >= 4 is 17.6 Å². The van der Waals surface area contributed by atoms with Crippen LogP contribution in [0.1, 0.15) is 19.4 Å². The Bertz CT molecular complexity index is 489. The van der Waals surface area contributed by atoms with E-state index in [-0.39, 0.29) is 17.1 Å². The van der Waals surface area contributed by atoms with E-state index in [1.54, 1.807) is 6.07 Å². The molecule has 0 radical (unpaired) electrons. The smallest absolute Gasteiger partial charge is 0.331 e. The Morgan fingerprint density at radius 1 is 1.12 bits per heavy atom. The van der Waals surface area contributed by atoms with Crippen molar-refractivity contribution in [2.24, 2.45) is 0 Å². The van der Waals surface area contributed by atoms with E-state index < -0.39 is 5.97 Å².